The molecule has 6 nitrogen and oxygen atoms in total. The molecule has 0 saturated heterocycles. The van der Waals surface area contributed by atoms with E-state index < -0.39 is 5.97 Å². The molecule has 0 aliphatic heterocycles. The number of hydrogen-bond acceptors (Lipinski definition) is 3. The molecule has 136 valence electrons. The zero-order chi connectivity index (χ0) is 18.2. The molecular weight excluding hydrogens is 320 g/mol. The molecule has 0 bridgehead atoms. The summed E-state index contributed by atoms with van der Waals surface area (Å²) in [6.07, 6.45) is 6.07. The number of hydrogen-bond donors (Lipinski definition) is 3. The third-order valence-corrected chi connectivity index (χ3v) is 4.63. The Kier molecular flexibility index (Phi) is 6.98. The number of nitrogens with one attached hydrogen (secondary N) is 2. The minimum atomic E-state index is -1.07. The number of carbonyl (C=O) groups excluding carboxylic acids is 2. The van der Waals surface area contributed by atoms with Gasteiger partial charge in [-0.25, -0.2) is 0 Å². The van der Waals surface area contributed by atoms with Gasteiger partial charge in [-0.2, -0.15) is 0 Å². The van der Waals surface area contributed by atoms with Crippen LogP contribution in [-0.4, -0.2) is 29.4 Å². The van der Waals surface area contributed by atoms with Crippen LogP contribution in [0.15, 0.2) is 24.3 Å². The molecule has 1 aromatic carbocycles. The highest BCUT2D eigenvalue weighted by Gasteiger charge is 2.21. The lowest BCUT2D eigenvalue weighted by atomic mass is 9.94. The third-order valence-electron chi connectivity index (χ3n) is 4.63. The number of anilines is 1. The highest BCUT2D eigenvalue weighted by molar-refractivity contribution is 5.92. The van der Waals surface area contributed by atoms with Crippen LogP contribution in [0.25, 0.3) is 0 Å². The molecule has 1 fully saturated rings. The topological polar surface area (TPSA) is 95.5 Å². The smallest absolute Gasteiger partial charge is 0.322 e. The van der Waals surface area contributed by atoms with E-state index in [1.54, 1.807) is 24.3 Å². The molecule has 1 aliphatic rings. The van der Waals surface area contributed by atoms with Gasteiger partial charge in [0.05, 0.1) is 6.42 Å². The monoisotopic (exact) mass is 346 g/mol. The second kappa shape index (κ2) is 9.20. The molecule has 1 aromatic rings. The quantitative estimate of drug-likeness (QED) is 0.674. The van der Waals surface area contributed by atoms with Crippen molar-refractivity contribution >= 4 is 23.5 Å². The lowest BCUT2D eigenvalue weighted by Crippen LogP contribution is -2.30. The van der Waals surface area contributed by atoms with Gasteiger partial charge >= 0.3 is 5.97 Å². The molecule has 1 aliphatic carbocycles. The molecule has 2 amide bonds. The first-order valence-electron chi connectivity index (χ1n) is 8.82. The van der Waals surface area contributed by atoms with Gasteiger partial charge in [-0.3, -0.25) is 14.4 Å². The molecule has 1 saturated carbocycles. The van der Waals surface area contributed by atoms with E-state index in [-0.39, 0.29) is 30.7 Å². The molecule has 0 spiro atoms. The maximum Gasteiger partial charge on any atom is 0.322 e. The highest BCUT2D eigenvalue weighted by atomic mass is 16.4. The van der Waals surface area contributed by atoms with Gasteiger partial charge in [0.25, 0.3) is 0 Å². The molecule has 25 heavy (non-hydrogen) atoms. The van der Waals surface area contributed by atoms with Crippen LogP contribution >= 0.6 is 0 Å². The van der Waals surface area contributed by atoms with E-state index in [2.05, 4.69) is 10.6 Å². The lowest BCUT2D eigenvalue weighted by molar-refractivity contribution is -0.137. The molecule has 0 aromatic heterocycles. The van der Waals surface area contributed by atoms with Gasteiger partial charge in [0.15, 0.2) is 0 Å². The molecule has 0 heterocycles. The summed E-state index contributed by atoms with van der Waals surface area (Å²) in [5.74, 6) is -0.724. The first-order valence-corrected chi connectivity index (χ1v) is 8.82. The van der Waals surface area contributed by atoms with Crippen molar-refractivity contribution in [3.63, 3.8) is 0 Å². The summed E-state index contributed by atoms with van der Waals surface area (Å²) in [4.78, 5) is 34.3. The summed E-state index contributed by atoms with van der Waals surface area (Å²) in [6, 6.07) is 7.05. The summed E-state index contributed by atoms with van der Waals surface area (Å²) in [7, 11) is 0. The zero-order valence-electron chi connectivity index (χ0n) is 14.6. The van der Waals surface area contributed by atoms with E-state index in [1.807, 2.05) is 6.92 Å². The van der Waals surface area contributed by atoms with Crippen molar-refractivity contribution in [3.8, 4) is 0 Å². The molecule has 1 atom stereocenters. The van der Waals surface area contributed by atoms with E-state index in [0.29, 0.717) is 11.6 Å². The predicted molar refractivity (Wildman–Crippen MR) is 95.2 cm³/mol. The first kappa shape index (κ1) is 19.0. The average Bonchev–Trinajstić information content (AvgIpc) is 3.07. The van der Waals surface area contributed by atoms with Crippen LogP contribution in [-0.2, 0) is 20.8 Å². The maximum atomic E-state index is 12.3. The van der Waals surface area contributed by atoms with Crippen LogP contribution in [0, 0.1) is 11.8 Å². The second-order valence-electron chi connectivity index (χ2n) is 6.82. The van der Waals surface area contributed by atoms with Gasteiger partial charge in [0.2, 0.25) is 11.8 Å². The lowest BCUT2D eigenvalue weighted by Gasteiger charge is -2.16. The van der Waals surface area contributed by atoms with Gasteiger partial charge in [-0.05, 0) is 30.0 Å². The second-order valence-corrected chi connectivity index (χ2v) is 6.82. The third kappa shape index (κ3) is 6.57. The fraction of sp³-hybridized carbons (Fsp3) is 0.526. The van der Waals surface area contributed by atoms with Crippen molar-refractivity contribution in [2.75, 3.05) is 11.9 Å². The van der Waals surface area contributed by atoms with Crippen molar-refractivity contribution in [3.05, 3.63) is 29.8 Å². The Balaban J connectivity index is 1.79. The largest absolute Gasteiger partial charge is 0.480 e. The zero-order valence-corrected chi connectivity index (χ0v) is 14.6. The van der Waals surface area contributed by atoms with Crippen LogP contribution in [0.3, 0.4) is 0 Å². The van der Waals surface area contributed by atoms with E-state index in [4.69, 9.17) is 5.11 Å². The standard InChI is InChI=1S/C19H26N2O4/c1-13(10-14-4-2-3-5-14)19(25)21-16-8-6-15(7-9-16)11-17(22)20-12-18(23)24/h6-9,13-14H,2-5,10-12H2,1H3,(H,20,22)(H,21,25)(H,23,24). The fourth-order valence-corrected chi connectivity index (χ4v) is 3.25. The Morgan fingerprint density at radius 1 is 1.16 bits per heavy atom. The van der Waals surface area contributed by atoms with Crippen LogP contribution in [0.1, 0.15) is 44.6 Å². The molecule has 0 radical (unpaired) electrons. The van der Waals surface area contributed by atoms with Crippen molar-refractivity contribution in [1.29, 1.82) is 0 Å². The van der Waals surface area contributed by atoms with Crippen molar-refractivity contribution < 1.29 is 19.5 Å². The molecule has 3 N–H and O–H groups in total. The normalized spacial score (nSPS) is 15.6. The number of carboxylic acids is 1. The first-order chi connectivity index (χ1) is 11.9. The molecule has 2 rings (SSSR count). The Morgan fingerprint density at radius 3 is 2.40 bits per heavy atom. The SMILES string of the molecule is CC(CC1CCCC1)C(=O)Nc1ccc(CC(=O)NCC(=O)O)cc1. The summed E-state index contributed by atoms with van der Waals surface area (Å²) in [5, 5.41) is 13.8. The van der Waals surface area contributed by atoms with Crippen molar-refractivity contribution in [1.82, 2.24) is 5.32 Å². The van der Waals surface area contributed by atoms with E-state index in [1.165, 1.54) is 25.7 Å². The number of benzene rings is 1. The van der Waals surface area contributed by atoms with Crippen LogP contribution in [0.4, 0.5) is 5.69 Å². The number of carboxylic acid groups (broad SMARTS) is 1. The number of carbonyl (C=O) groups is 3. The Bertz CT molecular complexity index is 606. The van der Waals surface area contributed by atoms with Gasteiger partial charge in [0.1, 0.15) is 6.54 Å². The van der Waals surface area contributed by atoms with Crippen molar-refractivity contribution in [2.24, 2.45) is 11.8 Å². The van der Waals surface area contributed by atoms with Crippen LogP contribution < -0.4 is 10.6 Å². The van der Waals surface area contributed by atoms with Gasteiger partial charge in [0, 0.05) is 11.6 Å². The Hall–Kier alpha value is -2.37. The van der Waals surface area contributed by atoms with Crippen molar-refractivity contribution in [2.45, 2.75) is 45.4 Å². The van der Waals surface area contributed by atoms with E-state index in [0.717, 1.165) is 12.0 Å². The summed E-state index contributed by atoms with van der Waals surface area (Å²) in [5.41, 5.74) is 1.47. The van der Waals surface area contributed by atoms with Crippen LogP contribution in [0.2, 0.25) is 0 Å². The number of rotatable bonds is 8. The number of aliphatic carboxylic acids is 1. The predicted octanol–water partition coefficient (Wildman–Crippen LogP) is 2.58. The van der Waals surface area contributed by atoms with Gasteiger partial charge < -0.3 is 15.7 Å². The highest BCUT2D eigenvalue weighted by Crippen LogP contribution is 2.30. The maximum absolute atomic E-state index is 12.3. The minimum Gasteiger partial charge on any atom is -0.480 e. The Morgan fingerprint density at radius 2 is 1.80 bits per heavy atom. The number of amides is 2. The summed E-state index contributed by atoms with van der Waals surface area (Å²) < 4.78 is 0. The van der Waals surface area contributed by atoms with E-state index >= 15 is 0 Å². The fourth-order valence-electron chi connectivity index (χ4n) is 3.25. The minimum absolute atomic E-state index is 0.00965. The molecular formula is C19H26N2O4. The molecule has 6 heteroatoms. The van der Waals surface area contributed by atoms with Crippen LogP contribution in [0.5, 0.6) is 0 Å². The molecule has 1 unspecified atom stereocenters. The summed E-state index contributed by atoms with van der Waals surface area (Å²) >= 11 is 0. The Labute approximate surface area is 148 Å². The average molecular weight is 346 g/mol. The van der Waals surface area contributed by atoms with Gasteiger partial charge in [-0.1, -0.05) is 44.7 Å². The van der Waals surface area contributed by atoms with E-state index in [9.17, 15) is 14.4 Å². The van der Waals surface area contributed by atoms with Gasteiger partial charge in [-0.15, -0.1) is 0 Å². The summed E-state index contributed by atoms with van der Waals surface area (Å²) in [6.45, 7) is 1.58.